The van der Waals surface area contributed by atoms with Crippen molar-refractivity contribution in [3.8, 4) is 0 Å². The van der Waals surface area contributed by atoms with E-state index in [4.69, 9.17) is 9.30 Å². The molecule has 2 nitrogen and oxygen atoms in total. The Balaban J connectivity index is -0.000000264. The van der Waals surface area contributed by atoms with Crippen LogP contribution < -0.4 is 0 Å². The van der Waals surface area contributed by atoms with Crippen LogP contribution in [0.25, 0.3) is 0 Å². The summed E-state index contributed by atoms with van der Waals surface area (Å²) in [6.07, 6.45) is 9.59. The van der Waals surface area contributed by atoms with Gasteiger partial charge in [0.1, 0.15) is 0 Å². The third kappa shape index (κ3) is 30.4. The number of hydrogen-bond donors (Lipinski definition) is 0. The molecule has 0 aromatic rings. The minimum atomic E-state index is 0. The summed E-state index contributed by atoms with van der Waals surface area (Å²) in [6.45, 7) is 23.8. The van der Waals surface area contributed by atoms with Crippen LogP contribution in [0.2, 0.25) is 0 Å². The maximum atomic E-state index is 7.50. The van der Waals surface area contributed by atoms with Gasteiger partial charge in [-0.2, -0.15) is 0 Å². The van der Waals surface area contributed by atoms with Crippen molar-refractivity contribution in [3.63, 3.8) is 0 Å². The topological polar surface area (TPSA) is 39.8 Å². The first-order chi connectivity index (χ1) is 9.41. The molecule has 7 heteroatoms. The quantitative estimate of drug-likeness (QED) is 0.242. The van der Waals surface area contributed by atoms with Crippen molar-refractivity contribution in [2.24, 2.45) is 0 Å². The van der Waals surface area contributed by atoms with E-state index in [9.17, 15) is 0 Å². The molecule has 0 heterocycles. The second-order valence-corrected chi connectivity index (χ2v) is 17.2. The van der Waals surface area contributed by atoms with Gasteiger partial charge in [-0.25, -0.2) is 0 Å². The Morgan fingerprint density at radius 2 is 1.05 bits per heavy atom. The van der Waals surface area contributed by atoms with Gasteiger partial charge in [0.05, 0.1) is 30.8 Å². The third-order valence-corrected chi connectivity index (χ3v) is 10.8. The molecule has 0 aromatic heterocycles. The first kappa shape index (κ1) is 30.7. The van der Waals surface area contributed by atoms with Crippen LogP contribution in [0.1, 0.15) is 0 Å². The Kier molecular flexibility index (Phi) is 35.3. The summed E-state index contributed by atoms with van der Waals surface area (Å²) in [5.41, 5.74) is 0. The summed E-state index contributed by atoms with van der Waals surface area (Å²) < 4.78 is 15.0. The molecule has 0 aliphatic heterocycles. The number of rotatable bonds is 9. The Labute approximate surface area is 152 Å². The summed E-state index contributed by atoms with van der Waals surface area (Å²) >= 11 is 0. The van der Waals surface area contributed by atoms with Crippen LogP contribution in [0.5, 0.6) is 0 Å². The molecule has 0 rings (SSSR count). The average molecular weight is 541 g/mol. The first-order valence-corrected chi connectivity index (χ1v) is 16.8. The van der Waals surface area contributed by atoms with Gasteiger partial charge in [-0.15, -0.1) is 7.92 Å². The molecule has 0 amide bonds. The molecule has 0 spiro atoms. The monoisotopic (exact) mass is 541 g/mol. The Morgan fingerprint density at radius 3 is 1.29 bits per heavy atom. The van der Waals surface area contributed by atoms with Crippen molar-refractivity contribution < 1.29 is 30.4 Å². The van der Waals surface area contributed by atoms with Gasteiger partial charge < -0.3 is 0 Å². The zero-order valence-electron chi connectivity index (χ0n) is 14.4. The van der Waals surface area contributed by atoms with Gasteiger partial charge in [-0.3, -0.25) is 0 Å². The largest absolute Gasteiger partial charge is 2.00 e. The van der Waals surface area contributed by atoms with Crippen LogP contribution in [0.4, 0.5) is 0 Å². The molecule has 0 aliphatic rings. The van der Waals surface area contributed by atoms with Crippen molar-refractivity contribution in [1.29, 1.82) is 0 Å². The average Bonchev–Trinajstić information content (AvgIpc) is 2.41. The minimum Gasteiger partial charge on any atom is 2.00 e. The van der Waals surface area contributed by atoms with Crippen molar-refractivity contribution in [2.45, 2.75) is 0 Å². The molecule has 21 heavy (non-hydrogen) atoms. The molecule has 0 saturated carbocycles. The van der Waals surface area contributed by atoms with Crippen molar-refractivity contribution >= 4 is 31.7 Å². The molecule has 0 aliphatic carbocycles. The van der Waals surface area contributed by atoms with Crippen LogP contribution in [0, 0.1) is 13.3 Å². The molecule has 0 saturated heterocycles. The van der Waals surface area contributed by atoms with Gasteiger partial charge in [-0.05, 0) is 29.2 Å². The van der Waals surface area contributed by atoms with E-state index in [0.717, 1.165) is 0 Å². The molecule has 0 radical (unpaired) electrons. The van der Waals surface area contributed by atoms with Crippen LogP contribution >= 0.6 is 31.7 Å². The summed E-state index contributed by atoms with van der Waals surface area (Å²) in [6, 6.07) is 0. The van der Waals surface area contributed by atoms with Gasteiger partial charge in [0.2, 0.25) is 0 Å². The van der Waals surface area contributed by atoms with E-state index in [1.165, 1.54) is 0 Å². The van der Waals surface area contributed by atoms with Crippen LogP contribution in [0.3, 0.4) is 0 Å². The molecule has 122 valence electrons. The minimum absolute atomic E-state index is 0. The van der Waals surface area contributed by atoms with Crippen LogP contribution in [-0.2, 0) is 30.4 Å². The van der Waals surface area contributed by atoms with Crippen molar-refractivity contribution in [1.82, 2.24) is 0 Å². The second-order valence-electron chi connectivity index (χ2n) is 5.72. The zero-order valence-corrected chi connectivity index (χ0v) is 21.2. The van der Waals surface area contributed by atoms with E-state index >= 15 is 0 Å². The molecule has 0 atom stereocenters. The SMILES string of the molecule is CP(C)CC[PH+](CC[PH+](C)C)CC[PH+](C)C.[C-]#[O+].[C-]#[O+].[W+2]. The van der Waals surface area contributed by atoms with Gasteiger partial charge in [0.15, 0.2) is 0 Å². The van der Waals surface area contributed by atoms with Gasteiger partial charge >= 0.3 is 43.7 Å². The molecule has 0 bridgehead atoms. The molecule has 0 fully saturated rings. The fourth-order valence-electron chi connectivity index (χ4n) is 1.61. The molecule has 0 N–H and O–H groups in total. The van der Waals surface area contributed by atoms with E-state index in [0.29, 0.717) is 7.92 Å². The Hall–Kier alpha value is 1.89. The van der Waals surface area contributed by atoms with E-state index in [2.05, 4.69) is 53.3 Å². The van der Waals surface area contributed by atoms with Crippen molar-refractivity contribution in [2.75, 3.05) is 77.0 Å². The standard InChI is InChI=1S/C12H30P4.2CO.W/c1-13(2)7-10-16(11-8-14(3)4)12-9-15(5)6;2*1-2;/h7-12H2,1-6H3;;;/q;;;+2/p+3. The van der Waals surface area contributed by atoms with Crippen molar-refractivity contribution in [3.05, 3.63) is 13.3 Å². The molecular formula is C14H33O2P4W+5. The smallest absolute Gasteiger partial charge is 2.00 e. The van der Waals surface area contributed by atoms with Crippen LogP contribution in [-0.4, -0.2) is 77.0 Å². The maximum absolute atomic E-state index is 7.50. The van der Waals surface area contributed by atoms with E-state index in [-0.39, 0.29) is 44.8 Å². The van der Waals surface area contributed by atoms with Gasteiger partial charge in [-0.1, -0.05) is 0 Å². The fourth-order valence-corrected chi connectivity index (χ4v) is 12.2. The second kappa shape index (κ2) is 24.1. The molecule has 0 aromatic carbocycles. The van der Waals surface area contributed by atoms with E-state index in [1.54, 1.807) is 37.0 Å². The normalized spacial score (nSPS) is 9.62. The summed E-state index contributed by atoms with van der Waals surface area (Å²) in [7, 11) is 0.461. The third-order valence-electron chi connectivity index (χ3n) is 2.87. The maximum Gasteiger partial charge on any atom is 2.00 e. The first-order valence-electron chi connectivity index (χ1n) is 6.89. The van der Waals surface area contributed by atoms with Gasteiger partial charge in [0.25, 0.3) is 0 Å². The fraction of sp³-hybridized carbons (Fsp3) is 0.857. The molecule has 0 unspecified atom stereocenters. The summed E-state index contributed by atoms with van der Waals surface area (Å²) in [4.78, 5) is 0. The zero-order chi connectivity index (χ0) is 16.6. The Morgan fingerprint density at radius 1 is 0.714 bits per heavy atom. The van der Waals surface area contributed by atoms with Gasteiger partial charge in [0, 0.05) is 40.7 Å². The predicted octanol–water partition coefficient (Wildman–Crippen LogP) is 3.81. The molecular weight excluding hydrogens is 508 g/mol. The van der Waals surface area contributed by atoms with E-state index < -0.39 is 0 Å². The number of hydrogen-bond acceptors (Lipinski definition) is 0. The van der Waals surface area contributed by atoms with Crippen LogP contribution in [0.15, 0.2) is 0 Å². The predicted molar refractivity (Wildman–Crippen MR) is 104 cm³/mol. The van der Waals surface area contributed by atoms with E-state index in [1.807, 2.05) is 0 Å². The summed E-state index contributed by atoms with van der Waals surface area (Å²) in [5, 5.41) is 0. The Bertz CT molecular complexity index is 199. The summed E-state index contributed by atoms with van der Waals surface area (Å²) in [5.74, 6) is 0.